The van der Waals surface area contributed by atoms with E-state index >= 15 is 0 Å². The lowest BCUT2D eigenvalue weighted by Gasteiger charge is -2.68. The van der Waals surface area contributed by atoms with Crippen molar-refractivity contribution in [3.63, 3.8) is 0 Å². The summed E-state index contributed by atoms with van der Waals surface area (Å²) in [5.74, 6) is 0.763. The predicted molar refractivity (Wildman–Crippen MR) is 110 cm³/mol. The zero-order chi connectivity index (χ0) is 22.1. The molecular weight excluding hydrogens is 384 g/mol. The summed E-state index contributed by atoms with van der Waals surface area (Å²) in [6.07, 6.45) is 3.07. The summed E-state index contributed by atoms with van der Waals surface area (Å²) >= 11 is 0. The second kappa shape index (κ2) is 6.84. The number of ether oxygens (including phenoxy) is 2. The first kappa shape index (κ1) is 21.4. The lowest BCUT2D eigenvalue weighted by Crippen LogP contribution is -2.74. The minimum absolute atomic E-state index is 0.0342. The van der Waals surface area contributed by atoms with Crippen molar-refractivity contribution >= 4 is 11.9 Å². The average Bonchev–Trinajstić information content (AvgIpc) is 3.10. The van der Waals surface area contributed by atoms with E-state index in [1.807, 2.05) is 20.8 Å². The van der Waals surface area contributed by atoms with E-state index in [-0.39, 0.29) is 11.8 Å². The van der Waals surface area contributed by atoms with Crippen molar-refractivity contribution in [2.24, 2.45) is 22.7 Å². The number of hydrogen-bond donors (Lipinski definition) is 1. The molecule has 1 aromatic heterocycles. The SMILES string of the molecule is CC(=O)OC1CC(C)(C)C2(O)CCC3C(C)c4ccoc4CC3C2(C)C1OC(C)=O. The van der Waals surface area contributed by atoms with Crippen LogP contribution in [-0.2, 0) is 25.5 Å². The van der Waals surface area contributed by atoms with Gasteiger partial charge in [-0.15, -0.1) is 0 Å². The van der Waals surface area contributed by atoms with E-state index < -0.39 is 40.6 Å². The van der Waals surface area contributed by atoms with Crippen molar-refractivity contribution in [2.75, 3.05) is 0 Å². The van der Waals surface area contributed by atoms with Gasteiger partial charge in [0, 0.05) is 25.7 Å². The molecule has 1 heterocycles. The standard InChI is InChI=1S/C24H34O6/c1-13-16-7-9-24(27)22(4,5)12-20(29-14(2)25)21(30-15(3)26)23(24,6)18(16)11-19-17(13)8-10-28-19/h8,10,13,16,18,20-21,27H,7,9,11-12H2,1-6H3. The molecule has 4 rings (SSSR count). The number of rotatable bonds is 2. The highest BCUT2D eigenvalue weighted by Gasteiger charge is 2.72. The molecule has 0 amide bonds. The van der Waals surface area contributed by atoms with E-state index in [1.165, 1.54) is 19.4 Å². The largest absolute Gasteiger partial charge is 0.469 e. The summed E-state index contributed by atoms with van der Waals surface area (Å²) in [7, 11) is 0. The number of fused-ring (bicyclic) bond motifs is 4. The monoisotopic (exact) mass is 418 g/mol. The van der Waals surface area contributed by atoms with Gasteiger partial charge >= 0.3 is 11.9 Å². The van der Waals surface area contributed by atoms with Crippen molar-refractivity contribution in [1.82, 2.24) is 0 Å². The molecule has 1 N–H and O–H groups in total. The molecule has 3 aliphatic rings. The number of furan rings is 1. The van der Waals surface area contributed by atoms with Gasteiger partial charge in [0.1, 0.15) is 18.0 Å². The molecule has 0 saturated heterocycles. The lowest BCUT2D eigenvalue weighted by molar-refractivity contribution is -0.303. The fourth-order valence-electron chi connectivity index (χ4n) is 7.28. The molecule has 0 spiro atoms. The lowest BCUT2D eigenvalue weighted by atomic mass is 9.40. The molecule has 0 radical (unpaired) electrons. The maximum atomic E-state index is 12.3. The fourth-order valence-corrected chi connectivity index (χ4v) is 7.28. The third kappa shape index (κ3) is 2.79. The Morgan fingerprint density at radius 1 is 1.17 bits per heavy atom. The smallest absolute Gasteiger partial charge is 0.303 e. The van der Waals surface area contributed by atoms with Crippen LogP contribution in [0.1, 0.15) is 78.0 Å². The molecule has 7 atom stereocenters. The highest BCUT2D eigenvalue weighted by molar-refractivity contribution is 5.67. The molecule has 166 valence electrons. The van der Waals surface area contributed by atoms with Gasteiger partial charge in [0.2, 0.25) is 0 Å². The first-order valence-corrected chi connectivity index (χ1v) is 11.1. The average molecular weight is 419 g/mol. The van der Waals surface area contributed by atoms with Crippen molar-refractivity contribution in [3.05, 3.63) is 23.7 Å². The van der Waals surface area contributed by atoms with Gasteiger partial charge in [-0.1, -0.05) is 27.7 Å². The topological polar surface area (TPSA) is 86.0 Å². The number of carbonyl (C=O) groups is 2. The first-order valence-electron chi connectivity index (χ1n) is 11.1. The van der Waals surface area contributed by atoms with Crippen LogP contribution in [0.3, 0.4) is 0 Å². The van der Waals surface area contributed by atoms with Crippen LogP contribution in [0.25, 0.3) is 0 Å². The molecule has 2 saturated carbocycles. The second-order valence-corrected chi connectivity index (χ2v) is 10.5. The normalized spacial score (nSPS) is 41.8. The highest BCUT2D eigenvalue weighted by atomic mass is 16.6. The van der Waals surface area contributed by atoms with Gasteiger partial charge < -0.3 is 19.0 Å². The van der Waals surface area contributed by atoms with Crippen LogP contribution in [0.4, 0.5) is 0 Å². The van der Waals surface area contributed by atoms with Gasteiger partial charge in [0.15, 0.2) is 0 Å². The Morgan fingerprint density at radius 3 is 2.47 bits per heavy atom. The molecule has 6 heteroatoms. The Bertz CT molecular complexity index is 856. The maximum Gasteiger partial charge on any atom is 0.303 e. The Hall–Kier alpha value is -1.82. The molecule has 7 unspecified atom stereocenters. The molecule has 0 aromatic carbocycles. The highest BCUT2D eigenvalue weighted by Crippen LogP contribution is 2.67. The molecular formula is C24H34O6. The third-order valence-electron chi connectivity index (χ3n) is 8.71. The van der Waals surface area contributed by atoms with Crippen molar-refractivity contribution < 1.29 is 28.6 Å². The summed E-state index contributed by atoms with van der Waals surface area (Å²) in [4.78, 5) is 24.1. The molecule has 0 aliphatic heterocycles. The van der Waals surface area contributed by atoms with Gasteiger partial charge in [-0.25, -0.2) is 0 Å². The Kier molecular flexibility index (Phi) is 4.88. The Balaban J connectivity index is 1.88. The fraction of sp³-hybridized carbons (Fsp3) is 0.750. The minimum atomic E-state index is -1.07. The van der Waals surface area contributed by atoms with Crippen LogP contribution in [0.2, 0.25) is 0 Å². The number of hydrogen-bond acceptors (Lipinski definition) is 6. The van der Waals surface area contributed by atoms with Crippen LogP contribution in [-0.4, -0.2) is 34.9 Å². The molecule has 30 heavy (non-hydrogen) atoms. The Labute approximate surface area is 178 Å². The summed E-state index contributed by atoms with van der Waals surface area (Å²) in [6.45, 7) is 11.1. The Morgan fingerprint density at radius 2 is 1.83 bits per heavy atom. The predicted octanol–water partition coefficient (Wildman–Crippen LogP) is 4.00. The zero-order valence-electron chi connectivity index (χ0n) is 18.9. The van der Waals surface area contributed by atoms with Crippen LogP contribution in [0.15, 0.2) is 16.7 Å². The first-order chi connectivity index (χ1) is 13.9. The summed E-state index contributed by atoms with van der Waals surface area (Å²) in [6, 6.07) is 2.05. The van der Waals surface area contributed by atoms with Crippen LogP contribution in [0.5, 0.6) is 0 Å². The molecule has 3 aliphatic carbocycles. The molecule has 0 bridgehead atoms. The van der Waals surface area contributed by atoms with Crippen molar-refractivity contribution in [1.29, 1.82) is 0 Å². The van der Waals surface area contributed by atoms with E-state index in [0.29, 0.717) is 25.2 Å². The van der Waals surface area contributed by atoms with Gasteiger partial charge in [-0.2, -0.15) is 0 Å². The van der Waals surface area contributed by atoms with Gasteiger partial charge in [0.05, 0.1) is 11.9 Å². The molecule has 1 aromatic rings. The molecule has 6 nitrogen and oxygen atoms in total. The molecule has 2 fully saturated rings. The number of esters is 2. The van der Waals surface area contributed by atoms with Crippen molar-refractivity contribution in [3.8, 4) is 0 Å². The van der Waals surface area contributed by atoms with Gasteiger partial charge in [-0.05, 0) is 54.1 Å². The maximum absolute atomic E-state index is 12.3. The van der Waals surface area contributed by atoms with E-state index in [2.05, 4.69) is 13.0 Å². The number of carbonyl (C=O) groups excluding carboxylic acids is 2. The second-order valence-electron chi connectivity index (χ2n) is 10.5. The van der Waals surface area contributed by atoms with E-state index in [4.69, 9.17) is 13.9 Å². The summed E-state index contributed by atoms with van der Waals surface area (Å²) in [5, 5.41) is 12.3. The van der Waals surface area contributed by atoms with Crippen molar-refractivity contribution in [2.45, 2.75) is 91.0 Å². The zero-order valence-corrected chi connectivity index (χ0v) is 18.9. The van der Waals surface area contributed by atoms with E-state index in [9.17, 15) is 14.7 Å². The van der Waals surface area contributed by atoms with Crippen LogP contribution < -0.4 is 0 Å². The van der Waals surface area contributed by atoms with Crippen LogP contribution in [0, 0.1) is 22.7 Å². The van der Waals surface area contributed by atoms with E-state index in [1.54, 1.807) is 6.26 Å². The van der Waals surface area contributed by atoms with Gasteiger partial charge in [-0.3, -0.25) is 9.59 Å². The van der Waals surface area contributed by atoms with E-state index in [0.717, 1.165) is 12.2 Å². The quantitative estimate of drug-likeness (QED) is 0.731. The van der Waals surface area contributed by atoms with Gasteiger partial charge in [0.25, 0.3) is 0 Å². The van der Waals surface area contributed by atoms with Crippen LogP contribution >= 0.6 is 0 Å². The summed E-state index contributed by atoms with van der Waals surface area (Å²) < 4.78 is 17.4. The minimum Gasteiger partial charge on any atom is -0.469 e. The number of aliphatic hydroxyl groups is 1. The summed E-state index contributed by atoms with van der Waals surface area (Å²) in [5.41, 5.74) is -1.14. The third-order valence-corrected chi connectivity index (χ3v) is 8.71.